The van der Waals surface area contributed by atoms with Crippen LogP contribution < -0.4 is 20.1 Å². The van der Waals surface area contributed by atoms with Crippen LogP contribution in [0.1, 0.15) is 57.6 Å². The zero-order chi connectivity index (χ0) is 27.3. The van der Waals surface area contributed by atoms with Crippen molar-refractivity contribution < 1.29 is 35.9 Å². The molecule has 1 atom stereocenters. The maximum atomic E-state index is 12.9. The first-order valence-corrected chi connectivity index (χ1v) is 13.3. The van der Waals surface area contributed by atoms with Gasteiger partial charge >= 0.3 is 6.36 Å². The van der Waals surface area contributed by atoms with E-state index in [9.17, 15) is 31.2 Å². The van der Waals surface area contributed by atoms with Crippen LogP contribution in [0.4, 0.5) is 13.2 Å². The molecule has 9 nitrogen and oxygen atoms in total. The Morgan fingerprint density at radius 3 is 2.31 bits per heavy atom. The SMILES string of the molecule is CC(C)[C@@](C)(NS(C)(=O)=O)C(=O)NC1CCC(C(=O)NCc2ccc(C#N)cc2OC(F)(F)F)CC1. The summed E-state index contributed by atoms with van der Waals surface area (Å²) in [6, 6.07) is 5.09. The molecule has 0 bridgehead atoms. The summed E-state index contributed by atoms with van der Waals surface area (Å²) in [5.41, 5.74) is -1.27. The van der Waals surface area contributed by atoms with Crippen LogP contribution in [-0.4, -0.2) is 44.4 Å². The van der Waals surface area contributed by atoms with Crippen molar-refractivity contribution in [3.05, 3.63) is 29.3 Å². The number of ether oxygens (including phenoxy) is 1. The quantitative estimate of drug-likeness (QED) is 0.447. The minimum Gasteiger partial charge on any atom is -0.405 e. The van der Waals surface area contributed by atoms with Crippen LogP contribution in [0, 0.1) is 23.2 Å². The van der Waals surface area contributed by atoms with E-state index in [-0.39, 0.29) is 35.5 Å². The first-order valence-electron chi connectivity index (χ1n) is 11.4. The number of benzene rings is 1. The van der Waals surface area contributed by atoms with E-state index >= 15 is 0 Å². The predicted octanol–water partition coefficient (Wildman–Crippen LogP) is 2.71. The van der Waals surface area contributed by atoms with E-state index in [0.717, 1.165) is 12.3 Å². The molecule has 0 heterocycles. The zero-order valence-corrected chi connectivity index (χ0v) is 21.3. The Balaban J connectivity index is 1.94. The van der Waals surface area contributed by atoms with Crippen LogP contribution in [0.5, 0.6) is 5.75 Å². The Labute approximate surface area is 208 Å². The predicted molar refractivity (Wildman–Crippen MR) is 125 cm³/mol. The van der Waals surface area contributed by atoms with Gasteiger partial charge in [-0.2, -0.15) is 9.98 Å². The maximum absolute atomic E-state index is 12.9. The van der Waals surface area contributed by atoms with Gasteiger partial charge in [-0.25, -0.2) is 8.42 Å². The van der Waals surface area contributed by atoms with Crippen molar-refractivity contribution in [2.75, 3.05) is 6.26 Å². The zero-order valence-electron chi connectivity index (χ0n) is 20.5. The Bertz CT molecular complexity index is 1110. The Kier molecular flexibility index (Phi) is 9.36. The van der Waals surface area contributed by atoms with Crippen LogP contribution in [0.25, 0.3) is 0 Å². The van der Waals surface area contributed by atoms with Gasteiger partial charge in [-0.1, -0.05) is 19.9 Å². The fraction of sp³-hybridized carbons (Fsp3) is 0.609. The smallest absolute Gasteiger partial charge is 0.405 e. The molecule has 0 aliphatic heterocycles. The third-order valence-electron chi connectivity index (χ3n) is 6.33. The van der Waals surface area contributed by atoms with Gasteiger partial charge < -0.3 is 15.4 Å². The number of alkyl halides is 3. The first kappa shape index (κ1) is 29.4. The molecule has 0 aromatic heterocycles. The third kappa shape index (κ3) is 8.37. The Hall–Kier alpha value is -2.85. The summed E-state index contributed by atoms with van der Waals surface area (Å²) < 4.78 is 68.0. The molecule has 1 aliphatic carbocycles. The highest BCUT2D eigenvalue weighted by atomic mass is 32.2. The highest BCUT2D eigenvalue weighted by Gasteiger charge is 2.40. The van der Waals surface area contributed by atoms with Gasteiger partial charge in [-0.15, -0.1) is 13.2 Å². The molecule has 1 aromatic rings. The van der Waals surface area contributed by atoms with E-state index in [2.05, 4.69) is 20.1 Å². The second-order valence-electron chi connectivity index (χ2n) is 9.45. The minimum atomic E-state index is -4.95. The minimum absolute atomic E-state index is 0.00926. The summed E-state index contributed by atoms with van der Waals surface area (Å²) in [5, 5.41) is 14.4. The number of carbonyl (C=O) groups is 2. The number of hydrogen-bond acceptors (Lipinski definition) is 6. The van der Waals surface area contributed by atoms with Gasteiger partial charge in [0, 0.05) is 24.1 Å². The highest BCUT2D eigenvalue weighted by molar-refractivity contribution is 7.88. The molecule has 2 amide bonds. The molecule has 2 rings (SSSR count). The lowest BCUT2D eigenvalue weighted by Gasteiger charge is -2.36. The second kappa shape index (κ2) is 11.5. The fourth-order valence-corrected chi connectivity index (χ4v) is 5.06. The molecule has 0 radical (unpaired) electrons. The van der Waals surface area contributed by atoms with E-state index in [1.165, 1.54) is 19.1 Å². The molecule has 1 saturated carbocycles. The second-order valence-corrected chi connectivity index (χ2v) is 11.2. The highest BCUT2D eigenvalue weighted by Crippen LogP contribution is 2.29. The van der Waals surface area contributed by atoms with Crippen molar-refractivity contribution in [2.45, 2.75) is 70.9 Å². The van der Waals surface area contributed by atoms with Gasteiger partial charge in [-0.05, 0) is 50.7 Å². The van der Waals surface area contributed by atoms with Crippen molar-refractivity contribution in [3.63, 3.8) is 0 Å². The number of halogens is 3. The van der Waals surface area contributed by atoms with Crippen molar-refractivity contribution >= 4 is 21.8 Å². The number of hydrogen-bond donors (Lipinski definition) is 3. The standard InChI is InChI=1S/C23H31F3N4O5S/c1-14(2)22(3,30-36(4,33)34)21(32)29-18-9-7-16(8-10-18)20(31)28-13-17-6-5-15(12-27)11-19(17)35-23(24,25)26/h5-6,11,14,16,18,30H,7-10,13H2,1-4H3,(H,28,31)(H,29,32)/t16?,18?,22-/m1/s1. The van der Waals surface area contributed by atoms with E-state index < -0.39 is 39.5 Å². The van der Waals surface area contributed by atoms with Gasteiger partial charge in [0.05, 0.1) is 17.9 Å². The first-order chi connectivity index (χ1) is 16.5. The summed E-state index contributed by atoms with van der Waals surface area (Å²) in [7, 11) is -3.63. The van der Waals surface area contributed by atoms with E-state index in [0.29, 0.717) is 25.7 Å². The molecule has 1 aromatic carbocycles. The van der Waals surface area contributed by atoms with E-state index in [1.807, 2.05) is 0 Å². The number of nitriles is 1. The van der Waals surface area contributed by atoms with Crippen LogP contribution in [0.15, 0.2) is 18.2 Å². The third-order valence-corrected chi connectivity index (χ3v) is 7.13. The lowest BCUT2D eigenvalue weighted by atomic mass is 9.84. The van der Waals surface area contributed by atoms with Gasteiger partial charge in [0.25, 0.3) is 0 Å². The normalized spacial score (nSPS) is 20.2. The molecule has 0 unspecified atom stereocenters. The summed E-state index contributed by atoms with van der Waals surface area (Å²) in [6.07, 6.45) is -2.12. The van der Waals surface area contributed by atoms with Crippen molar-refractivity contribution in [2.24, 2.45) is 11.8 Å². The molecule has 1 fully saturated rings. The molecular weight excluding hydrogens is 501 g/mol. The molecule has 3 N–H and O–H groups in total. The molecule has 0 saturated heterocycles. The number of amides is 2. The van der Waals surface area contributed by atoms with Crippen LogP contribution in [0.2, 0.25) is 0 Å². The number of nitrogens with one attached hydrogen (secondary N) is 3. The van der Waals surface area contributed by atoms with Crippen LogP contribution in [0.3, 0.4) is 0 Å². The Morgan fingerprint density at radius 2 is 1.81 bits per heavy atom. The molecule has 36 heavy (non-hydrogen) atoms. The van der Waals surface area contributed by atoms with Crippen molar-refractivity contribution in [1.29, 1.82) is 5.26 Å². The number of rotatable bonds is 9. The lowest BCUT2D eigenvalue weighted by molar-refractivity contribution is -0.274. The van der Waals surface area contributed by atoms with Gasteiger partial charge in [0.1, 0.15) is 11.3 Å². The van der Waals surface area contributed by atoms with Gasteiger partial charge in [0.15, 0.2) is 0 Å². The average molecular weight is 533 g/mol. The van der Waals surface area contributed by atoms with E-state index in [1.54, 1.807) is 19.9 Å². The van der Waals surface area contributed by atoms with Gasteiger partial charge in [-0.3, -0.25) is 9.59 Å². The topological polar surface area (TPSA) is 137 Å². The molecule has 13 heteroatoms. The van der Waals surface area contributed by atoms with Crippen molar-refractivity contribution in [3.8, 4) is 11.8 Å². The summed E-state index contributed by atoms with van der Waals surface area (Å²) >= 11 is 0. The maximum Gasteiger partial charge on any atom is 0.573 e. The molecule has 200 valence electrons. The number of sulfonamides is 1. The van der Waals surface area contributed by atoms with Crippen LogP contribution in [-0.2, 0) is 26.2 Å². The largest absolute Gasteiger partial charge is 0.573 e. The molecule has 0 spiro atoms. The summed E-state index contributed by atoms with van der Waals surface area (Å²) in [5.74, 6) is -2.05. The average Bonchev–Trinajstić information content (AvgIpc) is 2.76. The number of nitrogens with zero attached hydrogens (tertiary/aromatic N) is 1. The number of carbonyl (C=O) groups excluding carboxylic acids is 2. The molecule has 1 aliphatic rings. The van der Waals surface area contributed by atoms with Gasteiger partial charge in [0.2, 0.25) is 21.8 Å². The summed E-state index contributed by atoms with van der Waals surface area (Å²) in [6.45, 7) is 4.78. The van der Waals surface area contributed by atoms with Crippen molar-refractivity contribution in [1.82, 2.24) is 15.4 Å². The van der Waals surface area contributed by atoms with Crippen LogP contribution >= 0.6 is 0 Å². The molecular formula is C23H31F3N4O5S. The summed E-state index contributed by atoms with van der Waals surface area (Å²) in [4.78, 5) is 25.5. The Morgan fingerprint density at radius 1 is 1.19 bits per heavy atom. The monoisotopic (exact) mass is 532 g/mol. The fourth-order valence-electron chi connectivity index (χ4n) is 3.96. The lowest BCUT2D eigenvalue weighted by Crippen LogP contribution is -2.61. The van der Waals surface area contributed by atoms with E-state index in [4.69, 9.17) is 5.26 Å².